The number of benzene rings is 2. The fourth-order valence-electron chi connectivity index (χ4n) is 3.12. The van der Waals surface area contributed by atoms with Crippen LogP contribution in [0.25, 0.3) is 22.7 Å². The Balaban J connectivity index is 2.24. The van der Waals surface area contributed by atoms with Crippen LogP contribution < -0.4 is 5.56 Å². The van der Waals surface area contributed by atoms with E-state index in [2.05, 4.69) is 4.98 Å². The standard InChI is InChI=1S/C22H20F2N2O3/c1-4-19-25-21-16(11-14(12-17(21)24)6-9-20(27)29-5-2)22(28)26(19)18-8-7-15(23)10-13(18)3/h6-12H,4-5H2,1-3H3/b9-6+. The van der Waals surface area contributed by atoms with Gasteiger partial charge in [-0.1, -0.05) is 6.92 Å². The molecule has 1 heterocycles. The minimum Gasteiger partial charge on any atom is -0.463 e. The summed E-state index contributed by atoms with van der Waals surface area (Å²) >= 11 is 0. The molecule has 0 aliphatic rings. The summed E-state index contributed by atoms with van der Waals surface area (Å²) in [5, 5.41) is 0.0643. The number of rotatable bonds is 5. The van der Waals surface area contributed by atoms with Crippen molar-refractivity contribution >= 4 is 22.9 Å². The number of carbonyl (C=O) groups is 1. The van der Waals surface area contributed by atoms with Crippen LogP contribution in [0.3, 0.4) is 0 Å². The lowest BCUT2D eigenvalue weighted by Crippen LogP contribution is -2.25. The second kappa shape index (κ2) is 8.34. The highest BCUT2D eigenvalue weighted by molar-refractivity contribution is 5.88. The molecular weight excluding hydrogens is 378 g/mol. The normalized spacial score (nSPS) is 11.3. The van der Waals surface area contributed by atoms with Gasteiger partial charge in [-0.2, -0.15) is 0 Å². The van der Waals surface area contributed by atoms with Gasteiger partial charge in [-0.3, -0.25) is 9.36 Å². The van der Waals surface area contributed by atoms with Gasteiger partial charge in [-0.05, 0) is 61.4 Å². The Morgan fingerprint density at radius 2 is 1.97 bits per heavy atom. The van der Waals surface area contributed by atoms with Crippen LogP contribution >= 0.6 is 0 Å². The first-order valence-electron chi connectivity index (χ1n) is 9.22. The van der Waals surface area contributed by atoms with Crippen molar-refractivity contribution in [1.29, 1.82) is 0 Å². The molecule has 1 aromatic heterocycles. The van der Waals surface area contributed by atoms with Crippen molar-refractivity contribution in [3.63, 3.8) is 0 Å². The number of hydrogen-bond acceptors (Lipinski definition) is 4. The quantitative estimate of drug-likeness (QED) is 0.479. The SMILES string of the molecule is CCOC(=O)/C=C/c1cc(F)c2nc(CC)n(-c3ccc(F)cc3C)c(=O)c2c1. The lowest BCUT2D eigenvalue weighted by atomic mass is 10.1. The molecular formula is C22H20F2N2O3. The summed E-state index contributed by atoms with van der Waals surface area (Å²) < 4.78 is 34.4. The summed E-state index contributed by atoms with van der Waals surface area (Å²) in [6, 6.07) is 6.76. The first kappa shape index (κ1) is 20.4. The van der Waals surface area contributed by atoms with Crippen molar-refractivity contribution in [3.05, 3.63) is 75.3 Å². The second-order valence-electron chi connectivity index (χ2n) is 6.44. The van der Waals surface area contributed by atoms with Crippen LogP contribution in [-0.2, 0) is 16.0 Å². The number of ether oxygens (including phenoxy) is 1. The molecule has 3 rings (SSSR count). The highest BCUT2D eigenvalue weighted by Crippen LogP contribution is 2.21. The van der Waals surface area contributed by atoms with Crippen molar-refractivity contribution in [2.75, 3.05) is 6.61 Å². The predicted octanol–water partition coefficient (Wildman–Crippen LogP) is 4.11. The van der Waals surface area contributed by atoms with Crippen LogP contribution in [-0.4, -0.2) is 22.1 Å². The van der Waals surface area contributed by atoms with Crippen molar-refractivity contribution in [2.45, 2.75) is 27.2 Å². The Morgan fingerprint density at radius 1 is 1.21 bits per heavy atom. The van der Waals surface area contributed by atoms with Gasteiger partial charge in [0.2, 0.25) is 0 Å². The smallest absolute Gasteiger partial charge is 0.330 e. The summed E-state index contributed by atoms with van der Waals surface area (Å²) in [4.78, 5) is 29.1. The number of carbonyl (C=O) groups excluding carboxylic acids is 1. The third-order valence-corrected chi connectivity index (χ3v) is 4.43. The van der Waals surface area contributed by atoms with E-state index in [1.807, 2.05) is 0 Å². The lowest BCUT2D eigenvalue weighted by Gasteiger charge is -2.15. The van der Waals surface area contributed by atoms with Crippen LogP contribution in [0.2, 0.25) is 0 Å². The zero-order valence-electron chi connectivity index (χ0n) is 16.3. The van der Waals surface area contributed by atoms with E-state index in [4.69, 9.17) is 4.74 Å². The molecule has 0 spiro atoms. The summed E-state index contributed by atoms with van der Waals surface area (Å²) in [6.45, 7) is 5.39. The predicted molar refractivity (Wildman–Crippen MR) is 107 cm³/mol. The molecule has 0 radical (unpaired) electrons. The van der Waals surface area contributed by atoms with Crippen molar-refractivity contribution in [1.82, 2.24) is 9.55 Å². The van der Waals surface area contributed by atoms with Crippen LogP contribution in [0.15, 0.2) is 41.2 Å². The van der Waals surface area contributed by atoms with Gasteiger partial charge in [0.05, 0.1) is 17.7 Å². The summed E-state index contributed by atoms with van der Waals surface area (Å²) in [5.41, 5.74) is 0.855. The topological polar surface area (TPSA) is 61.2 Å². The Morgan fingerprint density at radius 3 is 2.62 bits per heavy atom. The number of nitrogens with zero attached hydrogens (tertiary/aromatic N) is 2. The van der Waals surface area contributed by atoms with Crippen LogP contribution in [0, 0.1) is 18.6 Å². The summed E-state index contributed by atoms with van der Waals surface area (Å²) in [6.07, 6.45) is 2.92. The molecule has 29 heavy (non-hydrogen) atoms. The molecule has 2 aromatic carbocycles. The molecule has 0 atom stereocenters. The fraction of sp³-hybridized carbons (Fsp3) is 0.227. The van der Waals surface area contributed by atoms with Crippen molar-refractivity contribution in [2.24, 2.45) is 0 Å². The largest absolute Gasteiger partial charge is 0.463 e. The molecule has 0 bridgehead atoms. The Bertz CT molecular complexity index is 1180. The lowest BCUT2D eigenvalue weighted by molar-refractivity contribution is -0.137. The van der Waals surface area contributed by atoms with Gasteiger partial charge in [0.1, 0.15) is 23.0 Å². The van der Waals surface area contributed by atoms with Crippen molar-refractivity contribution < 1.29 is 18.3 Å². The maximum atomic E-state index is 14.7. The molecule has 0 N–H and O–H groups in total. The minimum atomic E-state index is -0.666. The maximum absolute atomic E-state index is 14.7. The molecule has 7 heteroatoms. The van der Waals surface area contributed by atoms with Gasteiger partial charge >= 0.3 is 5.97 Å². The summed E-state index contributed by atoms with van der Waals surface area (Å²) in [5.74, 6) is -1.28. The molecule has 150 valence electrons. The monoisotopic (exact) mass is 398 g/mol. The molecule has 0 saturated heterocycles. The van der Waals surface area contributed by atoms with E-state index in [9.17, 15) is 18.4 Å². The van der Waals surface area contributed by atoms with E-state index in [0.717, 1.165) is 0 Å². The van der Waals surface area contributed by atoms with Crippen LogP contribution in [0.1, 0.15) is 30.8 Å². The van der Waals surface area contributed by atoms with Crippen LogP contribution in [0.4, 0.5) is 8.78 Å². The highest BCUT2D eigenvalue weighted by Gasteiger charge is 2.16. The Hall–Kier alpha value is -3.35. The first-order valence-corrected chi connectivity index (χ1v) is 9.22. The van der Waals surface area contributed by atoms with E-state index < -0.39 is 23.2 Å². The number of fused-ring (bicyclic) bond motifs is 1. The average Bonchev–Trinajstić information content (AvgIpc) is 2.68. The van der Waals surface area contributed by atoms with E-state index in [-0.39, 0.29) is 17.5 Å². The molecule has 0 aliphatic carbocycles. The van der Waals surface area contributed by atoms with Gasteiger partial charge < -0.3 is 4.74 Å². The molecule has 0 aliphatic heterocycles. The van der Waals surface area contributed by atoms with Gasteiger partial charge in [-0.15, -0.1) is 0 Å². The van der Waals surface area contributed by atoms with Crippen LogP contribution in [0.5, 0.6) is 0 Å². The third-order valence-electron chi connectivity index (χ3n) is 4.43. The molecule has 0 saturated carbocycles. The third kappa shape index (κ3) is 4.08. The maximum Gasteiger partial charge on any atom is 0.330 e. The van der Waals surface area contributed by atoms with Gasteiger partial charge in [-0.25, -0.2) is 18.6 Å². The van der Waals surface area contributed by atoms with Gasteiger partial charge in [0.15, 0.2) is 0 Å². The Labute approximate surface area is 166 Å². The second-order valence-corrected chi connectivity index (χ2v) is 6.44. The highest BCUT2D eigenvalue weighted by atomic mass is 19.1. The van der Waals surface area contributed by atoms with E-state index in [1.54, 1.807) is 20.8 Å². The van der Waals surface area contributed by atoms with E-state index >= 15 is 0 Å². The number of esters is 1. The molecule has 0 amide bonds. The molecule has 0 fully saturated rings. The zero-order valence-corrected chi connectivity index (χ0v) is 16.3. The minimum absolute atomic E-state index is 0.0452. The zero-order chi connectivity index (χ0) is 21.1. The fourth-order valence-corrected chi connectivity index (χ4v) is 3.12. The Kier molecular flexibility index (Phi) is 5.87. The van der Waals surface area contributed by atoms with E-state index in [1.165, 1.54) is 47.1 Å². The average molecular weight is 398 g/mol. The number of hydrogen-bond donors (Lipinski definition) is 0. The number of halogens is 2. The van der Waals surface area contributed by atoms with E-state index in [0.29, 0.717) is 29.1 Å². The molecule has 0 unspecified atom stereocenters. The van der Waals surface area contributed by atoms with Gasteiger partial charge in [0, 0.05) is 12.5 Å². The van der Waals surface area contributed by atoms with Gasteiger partial charge in [0.25, 0.3) is 5.56 Å². The molecule has 3 aromatic rings. The molecule has 5 nitrogen and oxygen atoms in total. The first-order chi connectivity index (χ1) is 13.8. The number of aryl methyl sites for hydroxylation is 2. The number of aromatic nitrogens is 2. The van der Waals surface area contributed by atoms with Crippen molar-refractivity contribution in [3.8, 4) is 5.69 Å². The summed E-state index contributed by atoms with van der Waals surface area (Å²) in [7, 11) is 0.